The Labute approximate surface area is 143 Å². The van der Waals surface area contributed by atoms with Crippen LogP contribution < -0.4 is 10.1 Å². The highest BCUT2D eigenvalue weighted by molar-refractivity contribution is 5.90. The minimum atomic E-state index is -0.789. The van der Waals surface area contributed by atoms with Crippen LogP contribution in [0.1, 0.15) is 45.1 Å². The van der Waals surface area contributed by atoms with E-state index >= 15 is 0 Å². The number of carbonyl (C=O) groups is 2. The number of ether oxygens (including phenoxy) is 2. The first kappa shape index (κ1) is 18.0. The molecule has 0 aliphatic heterocycles. The zero-order valence-corrected chi connectivity index (χ0v) is 14.3. The van der Waals surface area contributed by atoms with Crippen molar-refractivity contribution in [1.29, 1.82) is 0 Å². The van der Waals surface area contributed by atoms with Crippen molar-refractivity contribution in [3.8, 4) is 5.75 Å². The van der Waals surface area contributed by atoms with E-state index in [1.807, 2.05) is 31.2 Å². The Balaban J connectivity index is 1.79. The minimum Gasteiger partial charge on any atom is -0.494 e. The van der Waals surface area contributed by atoms with Gasteiger partial charge in [-0.15, -0.1) is 0 Å². The Bertz CT molecular complexity index is 574. The van der Waals surface area contributed by atoms with Gasteiger partial charge < -0.3 is 14.8 Å². The van der Waals surface area contributed by atoms with Gasteiger partial charge in [-0.1, -0.05) is 25.0 Å². The smallest absolute Gasteiger partial charge is 0.331 e. The number of carbonyl (C=O) groups excluding carboxylic acids is 2. The fourth-order valence-electron chi connectivity index (χ4n) is 2.66. The van der Waals surface area contributed by atoms with E-state index in [2.05, 4.69) is 5.32 Å². The number of rotatable bonds is 7. The molecule has 1 N–H and O–H groups in total. The fourth-order valence-corrected chi connectivity index (χ4v) is 2.66. The van der Waals surface area contributed by atoms with Crippen LogP contribution in [0.15, 0.2) is 30.3 Å². The van der Waals surface area contributed by atoms with Gasteiger partial charge in [0.15, 0.2) is 6.10 Å². The molecule has 0 saturated heterocycles. The number of amides is 1. The molecule has 0 spiro atoms. The van der Waals surface area contributed by atoms with E-state index in [4.69, 9.17) is 9.47 Å². The second kappa shape index (κ2) is 9.11. The van der Waals surface area contributed by atoms with Crippen molar-refractivity contribution in [2.24, 2.45) is 0 Å². The third-order valence-electron chi connectivity index (χ3n) is 3.97. The predicted molar refractivity (Wildman–Crippen MR) is 92.6 cm³/mol. The molecule has 1 aromatic carbocycles. The predicted octanol–water partition coefficient (Wildman–Crippen LogP) is 3.09. The zero-order valence-electron chi connectivity index (χ0n) is 14.3. The van der Waals surface area contributed by atoms with Crippen molar-refractivity contribution in [1.82, 2.24) is 5.32 Å². The fraction of sp³-hybridized carbons (Fsp3) is 0.474. The van der Waals surface area contributed by atoms with Crippen LogP contribution in [0.4, 0.5) is 0 Å². The molecule has 0 radical (unpaired) electrons. The molecule has 5 heteroatoms. The first-order valence-corrected chi connectivity index (χ1v) is 8.50. The van der Waals surface area contributed by atoms with E-state index in [0.29, 0.717) is 6.61 Å². The van der Waals surface area contributed by atoms with Gasteiger partial charge in [0.1, 0.15) is 5.75 Å². The van der Waals surface area contributed by atoms with Gasteiger partial charge in [-0.25, -0.2) is 4.79 Å². The number of nitrogens with one attached hydrogen (secondary N) is 1. The van der Waals surface area contributed by atoms with Crippen molar-refractivity contribution in [2.75, 3.05) is 6.61 Å². The highest BCUT2D eigenvalue weighted by Crippen LogP contribution is 2.18. The lowest BCUT2D eigenvalue weighted by Crippen LogP contribution is -2.40. The summed E-state index contributed by atoms with van der Waals surface area (Å²) in [6, 6.07) is 7.60. The van der Waals surface area contributed by atoms with Gasteiger partial charge in [-0.05, 0) is 50.5 Å². The Kier molecular flexibility index (Phi) is 6.85. The van der Waals surface area contributed by atoms with E-state index in [0.717, 1.165) is 37.0 Å². The summed E-state index contributed by atoms with van der Waals surface area (Å²) in [4.78, 5) is 23.8. The first-order chi connectivity index (χ1) is 11.6. The highest BCUT2D eigenvalue weighted by Gasteiger charge is 2.22. The zero-order chi connectivity index (χ0) is 17.4. The van der Waals surface area contributed by atoms with Crippen molar-refractivity contribution >= 4 is 18.0 Å². The van der Waals surface area contributed by atoms with Crippen molar-refractivity contribution in [3.63, 3.8) is 0 Å². The van der Waals surface area contributed by atoms with Crippen LogP contribution >= 0.6 is 0 Å². The lowest BCUT2D eigenvalue weighted by molar-refractivity contribution is -0.150. The van der Waals surface area contributed by atoms with Gasteiger partial charge in [0.05, 0.1) is 6.61 Å². The van der Waals surface area contributed by atoms with Crippen LogP contribution in [-0.2, 0) is 14.3 Å². The van der Waals surface area contributed by atoms with Crippen molar-refractivity contribution < 1.29 is 19.1 Å². The van der Waals surface area contributed by atoms with E-state index in [-0.39, 0.29) is 11.9 Å². The molecule has 24 heavy (non-hydrogen) atoms. The summed E-state index contributed by atoms with van der Waals surface area (Å²) in [6.07, 6.45) is 6.49. The monoisotopic (exact) mass is 331 g/mol. The van der Waals surface area contributed by atoms with E-state index in [1.54, 1.807) is 13.0 Å². The molecule has 0 heterocycles. The Morgan fingerprint density at radius 1 is 1.25 bits per heavy atom. The number of benzene rings is 1. The maximum absolute atomic E-state index is 12.0. The highest BCUT2D eigenvalue weighted by atomic mass is 16.5. The maximum atomic E-state index is 12.0. The number of hydrogen-bond acceptors (Lipinski definition) is 4. The Morgan fingerprint density at radius 2 is 1.92 bits per heavy atom. The molecule has 1 aromatic rings. The molecule has 1 saturated carbocycles. The normalized spacial score (nSPS) is 16.1. The molecule has 1 aliphatic rings. The van der Waals surface area contributed by atoms with Crippen molar-refractivity contribution in [2.45, 2.75) is 51.7 Å². The second-order valence-electron chi connectivity index (χ2n) is 5.90. The quantitative estimate of drug-likeness (QED) is 0.616. The topological polar surface area (TPSA) is 64.6 Å². The molecular formula is C19H25NO4. The first-order valence-electron chi connectivity index (χ1n) is 8.50. The number of esters is 1. The molecule has 1 fully saturated rings. The third kappa shape index (κ3) is 5.72. The molecule has 1 amide bonds. The van der Waals surface area contributed by atoms with Crippen LogP contribution in [0.25, 0.3) is 6.08 Å². The summed E-state index contributed by atoms with van der Waals surface area (Å²) in [7, 11) is 0. The van der Waals surface area contributed by atoms with Crippen LogP contribution in [0, 0.1) is 0 Å². The maximum Gasteiger partial charge on any atom is 0.331 e. The summed E-state index contributed by atoms with van der Waals surface area (Å²) >= 11 is 0. The third-order valence-corrected chi connectivity index (χ3v) is 3.97. The van der Waals surface area contributed by atoms with Gasteiger partial charge >= 0.3 is 5.97 Å². The lowest BCUT2D eigenvalue weighted by Gasteiger charge is -2.16. The molecule has 0 bridgehead atoms. The molecule has 130 valence electrons. The summed E-state index contributed by atoms with van der Waals surface area (Å²) < 4.78 is 10.5. The van der Waals surface area contributed by atoms with Gasteiger partial charge in [0, 0.05) is 12.1 Å². The number of hydrogen-bond donors (Lipinski definition) is 1. The van der Waals surface area contributed by atoms with Gasteiger partial charge in [0.25, 0.3) is 5.91 Å². The molecule has 0 aromatic heterocycles. The molecule has 5 nitrogen and oxygen atoms in total. The van der Waals surface area contributed by atoms with Crippen LogP contribution in [0.2, 0.25) is 0 Å². The SMILES string of the molecule is CCOc1ccc(/C=C/C(=O)O[C@@H](C)C(=O)NC2CCCC2)cc1. The molecule has 1 aliphatic carbocycles. The van der Waals surface area contributed by atoms with Gasteiger partial charge in [-0.3, -0.25) is 4.79 Å². The molecule has 1 atom stereocenters. The standard InChI is InChI=1S/C19H25NO4/c1-3-23-17-11-8-15(9-12-17)10-13-18(21)24-14(2)19(22)20-16-6-4-5-7-16/h8-14,16H,3-7H2,1-2H3,(H,20,22)/b13-10+/t14-/m0/s1. The van der Waals surface area contributed by atoms with Crippen LogP contribution in [0.5, 0.6) is 5.75 Å². The lowest BCUT2D eigenvalue weighted by atomic mass is 10.2. The van der Waals surface area contributed by atoms with E-state index < -0.39 is 12.1 Å². The Morgan fingerprint density at radius 3 is 2.54 bits per heavy atom. The van der Waals surface area contributed by atoms with E-state index in [1.165, 1.54) is 6.08 Å². The van der Waals surface area contributed by atoms with Gasteiger partial charge in [0.2, 0.25) is 0 Å². The molecule has 0 unspecified atom stereocenters. The van der Waals surface area contributed by atoms with Gasteiger partial charge in [-0.2, -0.15) is 0 Å². The largest absolute Gasteiger partial charge is 0.494 e. The molecule has 2 rings (SSSR count). The second-order valence-corrected chi connectivity index (χ2v) is 5.90. The van der Waals surface area contributed by atoms with Crippen LogP contribution in [-0.4, -0.2) is 30.6 Å². The van der Waals surface area contributed by atoms with Crippen molar-refractivity contribution in [3.05, 3.63) is 35.9 Å². The average molecular weight is 331 g/mol. The summed E-state index contributed by atoms with van der Waals surface area (Å²) in [5.74, 6) is 0.0251. The summed E-state index contributed by atoms with van der Waals surface area (Å²) in [5, 5.41) is 2.92. The average Bonchev–Trinajstić information content (AvgIpc) is 3.07. The summed E-state index contributed by atoms with van der Waals surface area (Å²) in [5.41, 5.74) is 0.860. The summed E-state index contributed by atoms with van der Waals surface area (Å²) in [6.45, 7) is 4.13. The van der Waals surface area contributed by atoms with E-state index in [9.17, 15) is 9.59 Å². The Hall–Kier alpha value is -2.30. The minimum absolute atomic E-state index is 0.220. The van der Waals surface area contributed by atoms with Crippen LogP contribution in [0.3, 0.4) is 0 Å². The molecular weight excluding hydrogens is 306 g/mol.